The molecule has 1 aromatic carbocycles. The van der Waals surface area contributed by atoms with Crippen molar-refractivity contribution < 1.29 is 15.1 Å². The Labute approximate surface area is 121 Å². The van der Waals surface area contributed by atoms with E-state index in [1.54, 1.807) is 33.1 Å². The van der Waals surface area contributed by atoms with E-state index in [2.05, 4.69) is 4.99 Å². The first-order valence-electron chi connectivity index (χ1n) is 6.29. The van der Waals surface area contributed by atoms with Gasteiger partial charge in [0.05, 0.1) is 18.4 Å². The summed E-state index contributed by atoms with van der Waals surface area (Å²) < 4.78 is 5.41. The molecule has 0 radical (unpaired) electrons. The summed E-state index contributed by atoms with van der Waals surface area (Å²) in [5.74, 6) is 0.0578. The number of para-hydroxylation sites is 2. The highest BCUT2D eigenvalue weighted by Gasteiger charge is 2.15. The van der Waals surface area contributed by atoms with Gasteiger partial charge in [0, 0.05) is 6.07 Å². The Morgan fingerprint density at radius 3 is 2.67 bits per heavy atom. The van der Waals surface area contributed by atoms with E-state index in [1.807, 2.05) is 12.1 Å². The number of pyridine rings is 1. The Morgan fingerprint density at radius 2 is 2.00 bits per heavy atom. The molecule has 0 saturated heterocycles. The zero-order valence-corrected chi connectivity index (χ0v) is 12.0. The number of nitrogens with zero attached hydrogens (tertiary/aromatic N) is 2. The van der Waals surface area contributed by atoms with Crippen molar-refractivity contribution in [2.45, 2.75) is 13.8 Å². The quantitative estimate of drug-likeness (QED) is 0.670. The lowest BCUT2D eigenvalue weighted by atomic mass is 10.1. The molecule has 6 nitrogen and oxygen atoms in total. The van der Waals surface area contributed by atoms with Crippen molar-refractivity contribution in [1.29, 1.82) is 0 Å². The third kappa shape index (κ3) is 2.74. The first-order chi connectivity index (χ1) is 9.95. The molecule has 2 aromatic rings. The van der Waals surface area contributed by atoms with Gasteiger partial charge in [0.2, 0.25) is 5.88 Å². The van der Waals surface area contributed by atoms with Crippen molar-refractivity contribution in [1.82, 2.24) is 4.73 Å². The number of aliphatic imine (C=N–C) groups is 1. The minimum atomic E-state index is -0.696. The van der Waals surface area contributed by atoms with Gasteiger partial charge in [-0.25, -0.2) is 4.99 Å². The van der Waals surface area contributed by atoms with Gasteiger partial charge >= 0.3 is 0 Å². The number of aromatic hydroxyl groups is 1. The van der Waals surface area contributed by atoms with Crippen LogP contribution in [0.1, 0.15) is 18.1 Å². The van der Waals surface area contributed by atoms with E-state index in [0.717, 1.165) is 0 Å². The molecular weight excluding hydrogens is 272 g/mol. The second kappa shape index (κ2) is 5.70. The number of hydrogen-bond donors (Lipinski definition) is 2. The summed E-state index contributed by atoms with van der Waals surface area (Å²) in [4.78, 5) is 15.8. The molecule has 6 heteroatoms. The third-order valence-electron chi connectivity index (χ3n) is 3.10. The fraction of sp³-hybridized carbons (Fsp3) is 0.200. The molecule has 21 heavy (non-hydrogen) atoms. The van der Waals surface area contributed by atoms with Crippen LogP contribution >= 0.6 is 0 Å². The van der Waals surface area contributed by atoms with Gasteiger partial charge in [-0.05, 0) is 31.5 Å². The molecule has 0 aliphatic heterocycles. The van der Waals surface area contributed by atoms with Crippen LogP contribution in [-0.2, 0) is 0 Å². The summed E-state index contributed by atoms with van der Waals surface area (Å²) >= 11 is 0. The van der Waals surface area contributed by atoms with Gasteiger partial charge < -0.3 is 15.1 Å². The Morgan fingerprint density at radius 1 is 1.33 bits per heavy atom. The molecule has 2 rings (SSSR count). The summed E-state index contributed by atoms with van der Waals surface area (Å²) in [5, 5.41) is 19.4. The van der Waals surface area contributed by atoms with Crippen molar-refractivity contribution in [3.05, 3.63) is 51.8 Å². The normalized spacial score (nSPS) is 11.5. The van der Waals surface area contributed by atoms with Gasteiger partial charge in [-0.1, -0.05) is 12.1 Å². The van der Waals surface area contributed by atoms with Gasteiger partial charge in [0.25, 0.3) is 5.56 Å². The second-order valence-electron chi connectivity index (χ2n) is 4.55. The fourth-order valence-electron chi connectivity index (χ4n) is 2.11. The molecule has 0 spiro atoms. The van der Waals surface area contributed by atoms with Crippen LogP contribution in [0.4, 0.5) is 5.69 Å². The molecule has 2 N–H and O–H groups in total. The zero-order valence-electron chi connectivity index (χ0n) is 12.0. The van der Waals surface area contributed by atoms with E-state index in [9.17, 15) is 15.1 Å². The average Bonchev–Trinajstić information content (AvgIpc) is 2.45. The number of rotatable bonds is 3. The van der Waals surface area contributed by atoms with Crippen LogP contribution in [0.5, 0.6) is 11.6 Å². The molecule has 110 valence electrons. The fourth-order valence-corrected chi connectivity index (χ4v) is 2.11. The Balaban J connectivity index is 2.60. The molecule has 0 atom stereocenters. The van der Waals surface area contributed by atoms with Crippen molar-refractivity contribution in [3.63, 3.8) is 0 Å². The van der Waals surface area contributed by atoms with Gasteiger partial charge in [-0.15, -0.1) is 4.73 Å². The van der Waals surface area contributed by atoms with E-state index < -0.39 is 11.4 Å². The number of benzene rings is 1. The lowest BCUT2D eigenvalue weighted by Crippen LogP contribution is -2.20. The molecule has 0 fully saturated rings. The number of aryl methyl sites for hydroxylation is 1. The number of ether oxygens (including phenoxy) is 1. The topological polar surface area (TPSA) is 84.0 Å². The maximum atomic E-state index is 11.4. The van der Waals surface area contributed by atoms with Gasteiger partial charge in [-0.3, -0.25) is 4.79 Å². The predicted molar refractivity (Wildman–Crippen MR) is 79.2 cm³/mol. The lowest BCUT2D eigenvalue weighted by Gasteiger charge is -2.11. The molecule has 0 unspecified atom stereocenters. The minimum Gasteiger partial charge on any atom is -0.494 e. The summed E-state index contributed by atoms with van der Waals surface area (Å²) in [6, 6.07) is 8.41. The van der Waals surface area contributed by atoms with Gasteiger partial charge in [0.15, 0.2) is 0 Å². The SMILES string of the molecule is COc1ccccc1N=C(C)c1c(C)cc(=O)n(O)c1O. The minimum absolute atomic E-state index is 0.198. The summed E-state index contributed by atoms with van der Waals surface area (Å²) in [7, 11) is 1.54. The highest BCUT2D eigenvalue weighted by molar-refractivity contribution is 6.03. The predicted octanol–water partition coefficient (Wildman–Crippen LogP) is 2.25. The van der Waals surface area contributed by atoms with E-state index in [0.29, 0.717) is 28.3 Å². The molecule has 1 heterocycles. The van der Waals surface area contributed by atoms with Crippen LogP contribution in [0.3, 0.4) is 0 Å². The Hall–Kier alpha value is -2.76. The molecule has 0 bridgehead atoms. The van der Waals surface area contributed by atoms with E-state index >= 15 is 0 Å². The van der Waals surface area contributed by atoms with Crippen LogP contribution in [0, 0.1) is 6.92 Å². The van der Waals surface area contributed by atoms with Crippen LogP contribution < -0.4 is 10.3 Å². The number of hydrogen-bond acceptors (Lipinski definition) is 5. The first kappa shape index (κ1) is 14.6. The summed E-state index contributed by atoms with van der Waals surface area (Å²) in [5.41, 5.74) is 1.19. The molecule has 1 aromatic heterocycles. The third-order valence-corrected chi connectivity index (χ3v) is 3.10. The standard InChI is InChI=1S/C15H16N2O4/c1-9-8-13(18)17(20)15(19)14(9)10(2)16-11-6-4-5-7-12(11)21-3/h4-8,19-20H,1-3H3. The molecule has 0 aliphatic rings. The maximum Gasteiger partial charge on any atom is 0.286 e. The molecule has 0 saturated carbocycles. The molecular formula is C15H16N2O4. The molecule has 0 amide bonds. The Kier molecular flexibility index (Phi) is 3.98. The Bertz CT molecular complexity index is 763. The van der Waals surface area contributed by atoms with Crippen molar-refractivity contribution >= 4 is 11.4 Å². The van der Waals surface area contributed by atoms with E-state index in [1.165, 1.54) is 6.07 Å². The van der Waals surface area contributed by atoms with Crippen LogP contribution in [-0.4, -0.2) is 27.9 Å². The van der Waals surface area contributed by atoms with E-state index in [4.69, 9.17) is 4.74 Å². The van der Waals surface area contributed by atoms with Crippen molar-refractivity contribution in [2.24, 2.45) is 4.99 Å². The smallest absolute Gasteiger partial charge is 0.286 e. The monoisotopic (exact) mass is 288 g/mol. The molecule has 0 aliphatic carbocycles. The van der Waals surface area contributed by atoms with Gasteiger partial charge in [-0.2, -0.15) is 0 Å². The summed E-state index contributed by atoms with van der Waals surface area (Å²) in [6.45, 7) is 3.34. The number of methoxy groups -OCH3 is 1. The van der Waals surface area contributed by atoms with Gasteiger partial charge in [0.1, 0.15) is 11.4 Å². The lowest BCUT2D eigenvalue weighted by molar-refractivity contribution is 0.143. The largest absolute Gasteiger partial charge is 0.494 e. The number of aromatic nitrogens is 1. The first-order valence-corrected chi connectivity index (χ1v) is 6.29. The van der Waals surface area contributed by atoms with Crippen LogP contribution in [0.15, 0.2) is 40.1 Å². The highest BCUT2D eigenvalue weighted by Crippen LogP contribution is 2.28. The van der Waals surface area contributed by atoms with Crippen LogP contribution in [0.25, 0.3) is 0 Å². The highest BCUT2D eigenvalue weighted by atomic mass is 16.5. The van der Waals surface area contributed by atoms with Crippen molar-refractivity contribution in [3.8, 4) is 11.6 Å². The second-order valence-corrected chi connectivity index (χ2v) is 4.55. The average molecular weight is 288 g/mol. The van der Waals surface area contributed by atoms with Crippen LogP contribution in [0.2, 0.25) is 0 Å². The van der Waals surface area contributed by atoms with E-state index in [-0.39, 0.29) is 4.73 Å². The maximum absolute atomic E-state index is 11.4. The zero-order chi connectivity index (χ0) is 15.6. The van der Waals surface area contributed by atoms with Crippen molar-refractivity contribution in [2.75, 3.05) is 7.11 Å². The summed E-state index contributed by atoms with van der Waals surface area (Å²) in [6.07, 6.45) is 0.